The van der Waals surface area contributed by atoms with Gasteiger partial charge in [0.1, 0.15) is 24.9 Å². The van der Waals surface area contributed by atoms with Crippen molar-refractivity contribution in [2.75, 3.05) is 19.8 Å². The molecule has 1 saturated carbocycles. The first-order valence-corrected chi connectivity index (χ1v) is 11.8. The molecule has 0 bridgehead atoms. The first-order valence-electron chi connectivity index (χ1n) is 11.8. The first kappa shape index (κ1) is 31.4. The lowest BCUT2D eigenvalue weighted by molar-refractivity contribution is -0.322. The maximum atomic E-state index is 12.0. The van der Waals surface area contributed by atoms with Crippen LogP contribution in [0.4, 0.5) is 0 Å². The Bertz CT molecular complexity index is 890. The van der Waals surface area contributed by atoms with Gasteiger partial charge in [-0.15, -0.1) is 0 Å². The third-order valence-electron chi connectivity index (χ3n) is 5.95. The van der Waals surface area contributed by atoms with Crippen LogP contribution in [0.1, 0.15) is 41.0 Å². The molecule has 0 aromatic carbocycles. The largest absolute Gasteiger partial charge is 0.458 e. The molecule has 0 aromatic heterocycles. The molecule has 216 valence electrons. The van der Waals surface area contributed by atoms with E-state index in [2.05, 4.69) is 0 Å². The number of hydrogen-bond acceptors (Lipinski definition) is 15. The summed E-state index contributed by atoms with van der Waals surface area (Å²) in [5.74, 6) is -7.28. The molecule has 2 fully saturated rings. The lowest BCUT2D eigenvalue weighted by atomic mass is 9.80. The van der Waals surface area contributed by atoms with Crippen LogP contribution in [0.2, 0.25) is 0 Å². The Morgan fingerprint density at radius 3 is 1.61 bits per heavy atom. The van der Waals surface area contributed by atoms with Gasteiger partial charge in [-0.1, -0.05) is 0 Å². The van der Waals surface area contributed by atoms with Crippen molar-refractivity contribution >= 4 is 29.8 Å². The number of rotatable bonds is 10. The minimum atomic E-state index is -2.27. The number of carbonyl (C=O) groups excluding carboxylic acids is 5. The highest BCUT2D eigenvalue weighted by molar-refractivity contribution is 5.69. The molecule has 0 amide bonds. The fraction of sp³-hybridized carbons (Fsp3) is 0.783. The van der Waals surface area contributed by atoms with E-state index in [0.29, 0.717) is 0 Å². The average Bonchev–Trinajstić information content (AvgIpc) is 3.08. The number of aliphatic hydroxyl groups is 3. The van der Waals surface area contributed by atoms with E-state index in [1.54, 1.807) is 0 Å². The number of hydrogen-bond donors (Lipinski definition) is 3. The van der Waals surface area contributed by atoms with Gasteiger partial charge in [-0.3, -0.25) is 24.0 Å². The van der Waals surface area contributed by atoms with E-state index in [4.69, 9.17) is 33.2 Å². The molecule has 2 rings (SSSR count). The predicted octanol–water partition coefficient (Wildman–Crippen LogP) is -1.88. The Labute approximate surface area is 218 Å². The van der Waals surface area contributed by atoms with Crippen LogP contribution in [0.25, 0.3) is 0 Å². The molecule has 2 aliphatic rings. The van der Waals surface area contributed by atoms with E-state index >= 15 is 0 Å². The van der Waals surface area contributed by atoms with Crippen LogP contribution >= 0.6 is 0 Å². The van der Waals surface area contributed by atoms with Gasteiger partial charge >= 0.3 is 29.8 Å². The summed E-state index contributed by atoms with van der Waals surface area (Å²) >= 11 is 0. The average molecular weight is 551 g/mol. The third-order valence-corrected chi connectivity index (χ3v) is 5.95. The van der Waals surface area contributed by atoms with Gasteiger partial charge in [-0.25, -0.2) is 0 Å². The number of ether oxygens (including phenoxy) is 7. The second-order valence-corrected chi connectivity index (χ2v) is 8.97. The van der Waals surface area contributed by atoms with Gasteiger partial charge < -0.3 is 48.5 Å². The van der Waals surface area contributed by atoms with E-state index in [-0.39, 0.29) is 6.42 Å². The van der Waals surface area contributed by atoms with Crippen molar-refractivity contribution in [2.24, 2.45) is 5.92 Å². The molecular formula is C23H34O15. The summed E-state index contributed by atoms with van der Waals surface area (Å²) in [6, 6.07) is 0. The van der Waals surface area contributed by atoms with Crippen molar-refractivity contribution in [2.45, 2.75) is 89.6 Å². The van der Waals surface area contributed by atoms with Crippen LogP contribution in [0, 0.1) is 5.92 Å². The normalized spacial score (nSPS) is 34.6. The summed E-state index contributed by atoms with van der Waals surface area (Å²) in [6.45, 7) is 3.03. The Hall–Kier alpha value is -2.85. The van der Waals surface area contributed by atoms with Crippen molar-refractivity contribution < 1.29 is 72.5 Å². The molecule has 9 atom stereocenters. The molecule has 1 saturated heterocycles. The van der Waals surface area contributed by atoms with Gasteiger partial charge in [0.2, 0.25) is 5.79 Å². The Morgan fingerprint density at radius 2 is 1.16 bits per heavy atom. The second kappa shape index (κ2) is 13.3. The number of carbonyl (C=O) groups is 5. The maximum absolute atomic E-state index is 12.0. The third kappa shape index (κ3) is 7.38. The van der Waals surface area contributed by atoms with Gasteiger partial charge in [-0.2, -0.15) is 0 Å². The van der Waals surface area contributed by atoms with Gasteiger partial charge in [0, 0.05) is 47.1 Å². The predicted molar refractivity (Wildman–Crippen MR) is 120 cm³/mol. The Morgan fingerprint density at radius 1 is 0.684 bits per heavy atom. The second-order valence-electron chi connectivity index (χ2n) is 8.97. The highest BCUT2D eigenvalue weighted by Gasteiger charge is 2.63. The molecule has 0 spiro atoms. The summed E-state index contributed by atoms with van der Waals surface area (Å²) in [7, 11) is 0. The van der Waals surface area contributed by atoms with E-state index in [1.807, 2.05) is 0 Å². The lowest BCUT2D eigenvalue weighted by Gasteiger charge is -2.46. The number of aliphatic hydroxyl groups excluding tert-OH is 3. The molecule has 0 aromatic rings. The fourth-order valence-corrected chi connectivity index (χ4v) is 4.70. The van der Waals surface area contributed by atoms with Crippen LogP contribution in [-0.4, -0.2) is 114 Å². The first-order chi connectivity index (χ1) is 17.8. The van der Waals surface area contributed by atoms with Gasteiger partial charge in [0.05, 0.1) is 6.61 Å². The van der Waals surface area contributed by atoms with E-state index in [9.17, 15) is 39.3 Å². The van der Waals surface area contributed by atoms with E-state index in [1.165, 1.54) is 0 Å². The minimum absolute atomic E-state index is 0.190. The van der Waals surface area contributed by atoms with Crippen LogP contribution in [0.15, 0.2) is 0 Å². The zero-order chi connectivity index (χ0) is 28.8. The Balaban J connectivity index is 2.58. The summed E-state index contributed by atoms with van der Waals surface area (Å²) < 4.78 is 38.3. The topological polar surface area (TPSA) is 211 Å². The summed E-state index contributed by atoms with van der Waals surface area (Å²) in [5.41, 5.74) is 0. The van der Waals surface area contributed by atoms with Crippen LogP contribution in [-0.2, 0) is 57.1 Å². The van der Waals surface area contributed by atoms with Crippen molar-refractivity contribution in [1.82, 2.24) is 0 Å². The zero-order valence-corrected chi connectivity index (χ0v) is 21.7. The van der Waals surface area contributed by atoms with Crippen LogP contribution in [0.3, 0.4) is 0 Å². The quantitative estimate of drug-likeness (QED) is 0.201. The smallest absolute Gasteiger partial charge is 0.303 e. The van der Waals surface area contributed by atoms with Gasteiger partial charge in [0.25, 0.3) is 0 Å². The SMILES string of the molecule is CC(=O)O[C@H]1[C@H](OC(C)=O)[C@@H](CO)C[C@H](O[C@]2(CO)O[C@H](CO)[C@@H](OC(C)=O)[C@@H]2OC(C)=O)[C@@H]1OC(C)=O. The molecule has 15 heteroatoms. The molecular weight excluding hydrogens is 516 g/mol. The van der Waals surface area contributed by atoms with Gasteiger partial charge in [0.15, 0.2) is 24.4 Å². The molecule has 1 aliphatic carbocycles. The molecule has 0 radical (unpaired) electrons. The van der Waals surface area contributed by atoms with Crippen LogP contribution in [0.5, 0.6) is 0 Å². The molecule has 1 aliphatic heterocycles. The standard InChI is InChI=1S/C23H34O15/c1-10(27)32-18-15(7-24)6-16(19(33-11(2)28)21(18)35-13(4)30)37-23(9-26)22(36-14(5)31)20(34-12(3)29)17(8-25)38-23/h15-22,24-26H,6-9H2,1-5H3/t15-,16+,17-,18-,19+,20-,21+,22+,23-/m1/s1. The highest BCUT2D eigenvalue weighted by atomic mass is 16.8. The van der Waals surface area contributed by atoms with Crippen molar-refractivity contribution in [3.63, 3.8) is 0 Å². The fourth-order valence-electron chi connectivity index (χ4n) is 4.70. The van der Waals surface area contributed by atoms with Crippen LogP contribution < -0.4 is 0 Å². The highest BCUT2D eigenvalue weighted by Crippen LogP contribution is 2.42. The summed E-state index contributed by atoms with van der Waals surface area (Å²) in [6.07, 6.45) is -10.0. The Kier molecular flexibility index (Phi) is 11.0. The maximum Gasteiger partial charge on any atom is 0.303 e. The van der Waals surface area contributed by atoms with Crippen molar-refractivity contribution in [1.29, 1.82) is 0 Å². The van der Waals surface area contributed by atoms with Crippen molar-refractivity contribution in [3.8, 4) is 0 Å². The molecule has 15 nitrogen and oxygen atoms in total. The molecule has 3 N–H and O–H groups in total. The lowest BCUT2D eigenvalue weighted by Crippen LogP contribution is -2.62. The zero-order valence-electron chi connectivity index (χ0n) is 21.7. The van der Waals surface area contributed by atoms with E-state index < -0.39 is 104 Å². The molecule has 0 unspecified atom stereocenters. The van der Waals surface area contributed by atoms with Gasteiger partial charge in [-0.05, 0) is 6.42 Å². The minimum Gasteiger partial charge on any atom is -0.458 e. The summed E-state index contributed by atoms with van der Waals surface area (Å²) in [5, 5.41) is 30.3. The van der Waals surface area contributed by atoms with Crippen molar-refractivity contribution in [3.05, 3.63) is 0 Å². The monoisotopic (exact) mass is 550 g/mol. The van der Waals surface area contributed by atoms with E-state index in [0.717, 1.165) is 34.6 Å². The number of esters is 5. The molecule has 1 heterocycles. The summed E-state index contributed by atoms with van der Waals surface area (Å²) in [4.78, 5) is 59.4. The molecule has 38 heavy (non-hydrogen) atoms.